The van der Waals surface area contributed by atoms with Crippen molar-refractivity contribution >= 4 is 29.1 Å². The Hall–Kier alpha value is -1.63. The molecule has 2 aliphatic rings. The number of nitrogens with zero attached hydrogens (tertiary/aromatic N) is 3. The zero-order valence-electron chi connectivity index (χ0n) is 16.7. The van der Waals surface area contributed by atoms with E-state index in [1.807, 2.05) is 24.0 Å². The number of benzene rings is 1. The number of carbonyl (C=O) groups is 2. The van der Waals surface area contributed by atoms with Crippen molar-refractivity contribution in [1.29, 1.82) is 0 Å². The van der Waals surface area contributed by atoms with Crippen molar-refractivity contribution in [1.82, 2.24) is 14.7 Å². The van der Waals surface area contributed by atoms with Crippen LogP contribution in [0.2, 0.25) is 5.02 Å². The maximum Gasteiger partial charge on any atom is 0.239 e. The summed E-state index contributed by atoms with van der Waals surface area (Å²) in [4.78, 5) is 31.6. The fourth-order valence-corrected chi connectivity index (χ4v) is 4.16. The van der Waals surface area contributed by atoms with Gasteiger partial charge in [-0.1, -0.05) is 36.6 Å². The molecule has 28 heavy (non-hydrogen) atoms. The lowest BCUT2D eigenvalue weighted by atomic mass is 10.2. The van der Waals surface area contributed by atoms with Crippen LogP contribution in [0.1, 0.15) is 32.6 Å². The highest BCUT2D eigenvalue weighted by Gasteiger charge is 2.29. The first-order valence-corrected chi connectivity index (χ1v) is 10.7. The lowest BCUT2D eigenvalue weighted by Crippen LogP contribution is -2.55. The zero-order valence-corrected chi connectivity index (χ0v) is 17.5. The number of likely N-dealkylation sites (tertiary alicyclic amines) is 1. The third kappa shape index (κ3) is 5.69. The Morgan fingerprint density at radius 2 is 1.64 bits per heavy atom. The molecular formula is C21H31ClN4O2. The summed E-state index contributed by atoms with van der Waals surface area (Å²) in [6.07, 6.45) is 4.69. The third-order valence-corrected chi connectivity index (χ3v) is 6.07. The molecule has 6 nitrogen and oxygen atoms in total. The first-order chi connectivity index (χ1) is 13.5. The molecule has 7 heteroatoms. The fourth-order valence-electron chi connectivity index (χ4n) is 3.98. The lowest BCUT2D eigenvalue weighted by Gasteiger charge is -2.38. The van der Waals surface area contributed by atoms with Crippen LogP contribution < -0.4 is 5.32 Å². The topological polar surface area (TPSA) is 55.9 Å². The van der Waals surface area contributed by atoms with E-state index < -0.39 is 0 Å². The maximum absolute atomic E-state index is 12.8. The summed E-state index contributed by atoms with van der Waals surface area (Å²) in [5, 5.41) is 3.41. The molecule has 0 radical (unpaired) electrons. The molecule has 0 unspecified atom stereocenters. The van der Waals surface area contributed by atoms with Gasteiger partial charge in [-0.2, -0.15) is 0 Å². The van der Waals surface area contributed by atoms with Crippen molar-refractivity contribution in [3.8, 4) is 0 Å². The highest BCUT2D eigenvalue weighted by molar-refractivity contribution is 6.33. The molecular weight excluding hydrogens is 376 g/mol. The number of anilines is 1. The second-order valence-corrected chi connectivity index (χ2v) is 8.16. The van der Waals surface area contributed by atoms with Crippen molar-refractivity contribution in [3.63, 3.8) is 0 Å². The molecule has 1 atom stereocenters. The number of hydrogen-bond donors (Lipinski definition) is 1. The molecule has 2 heterocycles. The standard InChI is InChI=1S/C21H31ClN4O2/c1-17(21(28)26-10-6-2-3-7-11-26)25-14-12-24(13-15-25)16-20(27)23-19-9-5-4-8-18(19)22/h4-5,8-9,17H,2-3,6-7,10-16H2,1H3,(H,23,27)/t17-/m1/s1. The van der Waals surface area contributed by atoms with Crippen molar-refractivity contribution in [2.75, 3.05) is 51.1 Å². The number of halogens is 1. The van der Waals surface area contributed by atoms with Crippen LogP contribution in [0.3, 0.4) is 0 Å². The first kappa shape index (κ1) is 21.1. The summed E-state index contributed by atoms with van der Waals surface area (Å²) >= 11 is 6.10. The molecule has 0 aliphatic carbocycles. The van der Waals surface area contributed by atoms with Crippen LogP contribution in [0.4, 0.5) is 5.69 Å². The lowest BCUT2D eigenvalue weighted by molar-refractivity contribution is -0.137. The van der Waals surface area contributed by atoms with Crippen LogP contribution in [0.15, 0.2) is 24.3 Å². The molecule has 3 rings (SSSR count). The van der Waals surface area contributed by atoms with Crippen LogP contribution in [-0.2, 0) is 9.59 Å². The van der Waals surface area contributed by atoms with E-state index in [9.17, 15) is 9.59 Å². The van der Waals surface area contributed by atoms with E-state index in [0.717, 1.165) is 52.1 Å². The summed E-state index contributed by atoms with van der Waals surface area (Å²) < 4.78 is 0. The van der Waals surface area contributed by atoms with Gasteiger partial charge in [0.2, 0.25) is 11.8 Å². The number of rotatable bonds is 5. The first-order valence-electron chi connectivity index (χ1n) is 10.3. The number of amides is 2. The van der Waals surface area contributed by atoms with Crippen LogP contribution >= 0.6 is 11.6 Å². The molecule has 0 bridgehead atoms. The second kappa shape index (κ2) is 10.2. The molecule has 2 aliphatic heterocycles. The van der Waals surface area contributed by atoms with Gasteiger partial charge in [0.05, 0.1) is 23.3 Å². The van der Waals surface area contributed by atoms with Gasteiger partial charge in [0.1, 0.15) is 0 Å². The molecule has 1 aromatic rings. The molecule has 154 valence electrons. The number of para-hydroxylation sites is 1. The molecule has 2 amide bonds. The average molecular weight is 407 g/mol. The van der Waals surface area contributed by atoms with Crippen molar-refractivity contribution in [2.45, 2.75) is 38.6 Å². The highest BCUT2D eigenvalue weighted by Crippen LogP contribution is 2.20. The smallest absolute Gasteiger partial charge is 0.239 e. The van der Waals surface area contributed by atoms with Gasteiger partial charge in [0.15, 0.2) is 0 Å². The van der Waals surface area contributed by atoms with Gasteiger partial charge < -0.3 is 10.2 Å². The summed E-state index contributed by atoms with van der Waals surface area (Å²) in [7, 11) is 0. The zero-order chi connectivity index (χ0) is 19.9. The summed E-state index contributed by atoms with van der Waals surface area (Å²) in [5.41, 5.74) is 0.643. The molecule has 1 N–H and O–H groups in total. The minimum absolute atomic E-state index is 0.0600. The van der Waals surface area contributed by atoms with Crippen LogP contribution in [0.25, 0.3) is 0 Å². The summed E-state index contributed by atoms with van der Waals surface area (Å²) in [6, 6.07) is 7.17. The quantitative estimate of drug-likeness (QED) is 0.816. The fraction of sp³-hybridized carbons (Fsp3) is 0.619. The monoisotopic (exact) mass is 406 g/mol. The number of nitrogens with one attached hydrogen (secondary N) is 1. The van der Waals surface area contributed by atoms with Gasteiger partial charge in [0, 0.05) is 39.3 Å². The van der Waals surface area contributed by atoms with Gasteiger partial charge >= 0.3 is 0 Å². The molecule has 2 saturated heterocycles. The summed E-state index contributed by atoms with van der Waals surface area (Å²) in [5.74, 6) is 0.196. The van der Waals surface area contributed by atoms with Gasteiger partial charge in [-0.05, 0) is 31.9 Å². The number of piperazine rings is 1. The van der Waals surface area contributed by atoms with Crippen molar-refractivity contribution in [2.24, 2.45) is 0 Å². The van der Waals surface area contributed by atoms with Crippen LogP contribution in [0, 0.1) is 0 Å². The van der Waals surface area contributed by atoms with Gasteiger partial charge in [-0.15, -0.1) is 0 Å². The average Bonchev–Trinajstić information content (AvgIpc) is 2.99. The predicted octanol–water partition coefficient (Wildman–Crippen LogP) is 2.69. The molecule has 0 spiro atoms. The molecule has 0 aromatic heterocycles. The maximum atomic E-state index is 12.8. The SMILES string of the molecule is C[C@H](C(=O)N1CCCCCC1)N1CCN(CC(=O)Nc2ccccc2Cl)CC1. The minimum atomic E-state index is -0.0859. The normalized spacial score (nSPS) is 20.4. The molecule has 1 aromatic carbocycles. The van der Waals surface area contributed by atoms with E-state index in [-0.39, 0.29) is 17.9 Å². The van der Waals surface area contributed by atoms with Crippen molar-refractivity contribution in [3.05, 3.63) is 29.3 Å². The third-order valence-electron chi connectivity index (χ3n) is 5.74. The Labute approximate surface area is 172 Å². The van der Waals surface area contributed by atoms with Crippen LogP contribution in [-0.4, -0.2) is 78.4 Å². The van der Waals surface area contributed by atoms with Gasteiger partial charge in [-0.3, -0.25) is 19.4 Å². The van der Waals surface area contributed by atoms with Crippen molar-refractivity contribution < 1.29 is 9.59 Å². The molecule has 2 fully saturated rings. The minimum Gasteiger partial charge on any atom is -0.341 e. The van der Waals surface area contributed by atoms with E-state index in [1.54, 1.807) is 12.1 Å². The Bertz CT molecular complexity index is 668. The predicted molar refractivity (Wildman–Crippen MR) is 113 cm³/mol. The van der Waals surface area contributed by atoms with E-state index in [2.05, 4.69) is 15.1 Å². The van der Waals surface area contributed by atoms with Gasteiger partial charge in [0.25, 0.3) is 0 Å². The highest BCUT2D eigenvalue weighted by atomic mass is 35.5. The molecule has 0 saturated carbocycles. The summed E-state index contributed by atoms with van der Waals surface area (Å²) in [6.45, 7) is 7.33. The second-order valence-electron chi connectivity index (χ2n) is 7.76. The van der Waals surface area contributed by atoms with Gasteiger partial charge in [-0.25, -0.2) is 0 Å². The van der Waals surface area contributed by atoms with E-state index in [0.29, 0.717) is 17.3 Å². The Morgan fingerprint density at radius 3 is 2.29 bits per heavy atom. The van der Waals surface area contributed by atoms with E-state index in [4.69, 9.17) is 11.6 Å². The Morgan fingerprint density at radius 1 is 1.00 bits per heavy atom. The number of hydrogen-bond acceptors (Lipinski definition) is 4. The number of carbonyl (C=O) groups excluding carboxylic acids is 2. The Balaban J connectivity index is 1.44. The van der Waals surface area contributed by atoms with E-state index in [1.165, 1.54) is 12.8 Å². The largest absolute Gasteiger partial charge is 0.341 e. The van der Waals surface area contributed by atoms with Crippen LogP contribution in [0.5, 0.6) is 0 Å². The van der Waals surface area contributed by atoms with E-state index >= 15 is 0 Å². The Kier molecular flexibility index (Phi) is 7.71.